The molecule has 7 nitrogen and oxygen atoms in total. The fraction of sp³-hybridized carbons (Fsp3) is 0.519. The van der Waals surface area contributed by atoms with E-state index in [9.17, 15) is 4.79 Å². The number of anilines is 2. The minimum atomic E-state index is 0.107. The number of hydrogen-bond donors (Lipinski definition) is 1. The van der Waals surface area contributed by atoms with Gasteiger partial charge >= 0.3 is 0 Å². The molecule has 1 fully saturated rings. The molecule has 186 valence electrons. The molecule has 5 rings (SSSR count). The number of aryl methyl sites for hydroxylation is 1. The lowest BCUT2D eigenvalue weighted by Gasteiger charge is -2.38. The predicted octanol–water partition coefficient (Wildman–Crippen LogP) is 4.12. The normalized spacial score (nSPS) is 19.5. The highest BCUT2D eigenvalue weighted by atomic mass is 35.5. The van der Waals surface area contributed by atoms with E-state index in [4.69, 9.17) is 21.6 Å². The highest BCUT2D eigenvalue weighted by Gasteiger charge is 2.24. The fourth-order valence-corrected chi connectivity index (χ4v) is 5.60. The van der Waals surface area contributed by atoms with Crippen molar-refractivity contribution in [2.75, 3.05) is 42.9 Å². The van der Waals surface area contributed by atoms with Crippen LogP contribution >= 0.6 is 11.6 Å². The number of rotatable bonds is 6. The lowest BCUT2D eigenvalue weighted by Crippen LogP contribution is -2.50. The van der Waals surface area contributed by atoms with E-state index in [0.29, 0.717) is 17.9 Å². The Balaban J connectivity index is 1.15. The highest BCUT2D eigenvalue weighted by Crippen LogP contribution is 2.27. The summed E-state index contributed by atoms with van der Waals surface area (Å²) in [6.45, 7) is 9.12. The van der Waals surface area contributed by atoms with E-state index in [-0.39, 0.29) is 5.56 Å². The molecular formula is C27H35ClN6O. The monoisotopic (exact) mass is 494 g/mol. The van der Waals surface area contributed by atoms with Crippen molar-refractivity contribution in [2.45, 2.75) is 45.6 Å². The molecular weight excluding hydrogens is 460 g/mol. The van der Waals surface area contributed by atoms with Gasteiger partial charge in [-0.1, -0.05) is 36.7 Å². The summed E-state index contributed by atoms with van der Waals surface area (Å²) >= 11 is 6.52. The SMILES string of the molecule is CC1CCc2nc(NCCC(C)N3CCN(c4cc(Cl)c5ccccc5n4)CC3)n(C)c(=O)c2C1. The molecule has 1 aliphatic heterocycles. The molecule has 0 spiro atoms. The molecule has 2 aromatic heterocycles. The van der Waals surface area contributed by atoms with Gasteiger partial charge in [-0.15, -0.1) is 0 Å². The van der Waals surface area contributed by atoms with Crippen LogP contribution in [0.5, 0.6) is 0 Å². The van der Waals surface area contributed by atoms with Crippen molar-refractivity contribution >= 4 is 34.3 Å². The van der Waals surface area contributed by atoms with E-state index in [1.165, 1.54) is 0 Å². The van der Waals surface area contributed by atoms with Gasteiger partial charge in [0.05, 0.1) is 16.2 Å². The number of pyridine rings is 1. The Morgan fingerprint density at radius 3 is 2.74 bits per heavy atom. The second-order valence-electron chi connectivity index (χ2n) is 10.1. The van der Waals surface area contributed by atoms with Crippen LogP contribution in [0.1, 0.15) is 37.9 Å². The molecule has 3 aromatic rings. The summed E-state index contributed by atoms with van der Waals surface area (Å²) in [5.41, 5.74) is 2.94. The molecule has 1 aliphatic carbocycles. The van der Waals surface area contributed by atoms with Crippen molar-refractivity contribution in [2.24, 2.45) is 13.0 Å². The third kappa shape index (κ3) is 5.02. The van der Waals surface area contributed by atoms with E-state index in [1.54, 1.807) is 4.57 Å². The first-order valence-electron chi connectivity index (χ1n) is 12.8. The van der Waals surface area contributed by atoms with E-state index in [2.05, 4.69) is 29.0 Å². The lowest BCUT2D eigenvalue weighted by atomic mass is 9.88. The van der Waals surface area contributed by atoms with Crippen LogP contribution in [-0.2, 0) is 19.9 Å². The second-order valence-corrected chi connectivity index (χ2v) is 10.5. The third-order valence-corrected chi connectivity index (χ3v) is 7.97. The van der Waals surface area contributed by atoms with Gasteiger partial charge in [0.25, 0.3) is 5.56 Å². The predicted molar refractivity (Wildman–Crippen MR) is 144 cm³/mol. The van der Waals surface area contributed by atoms with Crippen molar-refractivity contribution in [1.82, 2.24) is 19.4 Å². The van der Waals surface area contributed by atoms with Crippen LogP contribution in [0.2, 0.25) is 5.02 Å². The minimum Gasteiger partial charge on any atom is -0.356 e. The van der Waals surface area contributed by atoms with Gasteiger partial charge in [-0.3, -0.25) is 14.3 Å². The Kier molecular flexibility index (Phi) is 6.98. The second kappa shape index (κ2) is 10.2. The van der Waals surface area contributed by atoms with E-state index in [0.717, 1.165) is 91.4 Å². The zero-order valence-corrected chi connectivity index (χ0v) is 21.7. The summed E-state index contributed by atoms with van der Waals surface area (Å²) in [6.07, 6.45) is 3.85. The summed E-state index contributed by atoms with van der Waals surface area (Å²) in [6, 6.07) is 10.5. The number of para-hydroxylation sites is 1. The maximum absolute atomic E-state index is 12.8. The number of nitrogens with one attached hydrogen (secondary N) is 1. The van der Waals surface area contributed by atoms with Crippen molar-refractivity contribution in [1.29, 1.82) is 0 Å². The largest absolute Gasteiger partial charge is 0.356 e. The molecule has 0 bridgehead atoms. The van der Waals surface area contributed by atoms with Gasteiger partial charge in [-0.25, -0.2) is 9.97 Å². The van der Waals surface area contributed by atoms with Crippen molar-refractivity contribution < 1.29 is 0 Å². The Morgan fingerprint density at radius 2 is 1.94 bits per heavy atom. The molecule has 2 atom stereocenters. The molecule has 8 heteroatoms. The maximum atomic E-state index is 12.8. The minimum absolute atomic E-state index is 0.107. The summed E-state index contributed by atoms with van der Waals surface area (Å²) in [5, 5.41) is 5.19. The van der Waals surface area contributed by atoms with Crippen LogP contribution in [0.25, 0.3) is 10.9 Å². The average Bonchev–Trinajstić information content (AvgIpc) is 2.87. The zero-order chi connectivity index (χ0) is 24.5. The number of hydrogen-bond acceptors (Lipinski definition) is 6. The molecule has 2 aliphatic rings. The molecule has 3 heterocycles. The smallest absolute Gasteiger partial charge is 0.258 e. The van der Waals surface area contributed by atoms with Crippen LogP contribution in [0.4, 0.5) is 11.8 Å². The molecule has 0 saturated carbocycles. The fourth-order valence-electron chi connectivity index (χ4n) is 5.35. The Morgan fingerprint density at radius 1 is 1.17 bits per heavy atom. The van der Waals surface area contributed by atoms with E-state index in [1.807, 2.05) is 37.4 Å². The zero-order valence-electron chi connectivity index (χ0n) is 20.9. The van der Waals surface area contributed by atoms with Gasteiger partial charge in [-0.2, -0.15) is 0 Å². The summed E-state index contributed by atoms with van der Waals surface area (Å²) in [4.78, 5) is 27.3. The van der Waals surface area contributed by atoms with Crippen molar-refractivity contribution in [3.05, 3.63) is 57.0 Å². The van der Waals surface area contributed by atoms with Crippen molar-refractivity contribution in [3.63, 3.8) is 0 Å². The Labute approximate surface area is 212 Å². The summed E-state index contributed by atoms with van der Waals surface area (Å²) in [7, 11) is 1.83. The first kappa shape index (κ1) is 24.1. The van der Waals surface area contributed by atoms with E-state index >= 15 is 0 Å². The lowest BCUT2D eigenvalue weighted by molar-refractivity contribution is 0.191. The van der Waals surface area contributed by atoms with Gasteiger partial charge in [0, 0.05) is 56.8 Å². The third-order valence-electron chi connectivity index (χ3n) is 7.66. The van der Waals surface area contributed by atoms with Gasteiger partial charge in [-0.05, 0) is 50.7 Å². The van der Waals surface area contributed by atoms with Crippen LogP contribution in [0.15, 0.2) is 35.1 Å². The number of piperazine rings is 1. The number of aromatic nitrogens is 3. The summed E-state index contributed by atoms with van der Waals surface area (Å²) < 4.78 is 1.68. The molecule has 1 N–H and O–H groups in total. The molecule has 2 unspecified atom stereocenters. The first-order chi connectivity index (χ1) is 16.9. The van der Waals surface area contributed by atoms with Crippen LogP contribution < -0.4 is 15.8 Å². The Bertz CT molecular complexity index is 1270. The van der Waals surface area contributed by atoms with Crippen LogP contribution in [0.3, 0.4) is 0 Å². The Hall–Kier alpha value is -2.64. The van der Waals surface area contributed by atoms with Crippen LogP contribution in [0, 0.1) is 5.92 Å². The molecule has 1 aromatic carbocycles. The van der Waals surface area contributed by atoms with Gasteiger partial charge < -0.3 is 10.2 Å². The topological polar surface area (TPSA) is 66.3 Å². The first-order valence-corrected chi connectivity index (χ1v) is 13.2. The molecule has 0 radical (unpaired) electrons. The quantitative estimate of drug-likeness (QED) is 0.556. The molecule has 1 saturated heterocycles. The number of fused-ring (bicyclic) bond motifs is 2. The highest BCUT2D eigenvalue weighted by molar-refractivity contribution is 6.35. The van der Waals surface area contributed by atoms with Crippen LogP contribution in [-0.4, -0.2) is 58.2 Å². The average molecular weight is 495 g/mol. The van der Waals surface area contributed by atoms with Crippen molar-refractivity contribution in [3.8, 4) is 0 Å². The maximum Gasteiger partial charge on any atom is 0.258 e. The number of halogens is 1. The van der Waals surface area contributed by atoms with Gasteiger partial charge in [0.1, 0.15) is 5.82 Å². The van der Waals surface area contributed by atoms with Gasteiger partial charge in [0.2, 0.25) is 5.95 Å². The standard InChI is InChI=1S/C27H35ClN6O/c1-18-8-9-24-21(16-18)26(35)32(3)27(31-24)29-11-10-19(2)33-12-14-34(15-13-33)25-17-22(28)20-6-4-5-7-23(20)30-25/h4-7,17-19H,8-16H2,1-3H3,(H,29,31). The summed E-state index contributed by atoms with van der Waals surface area (Å²) in [5.74, 6) is 2.21. The number of nitrogens with zero attached hydrogens (tertiary/aromatic N) is 5. The van der Waals surface area contributed by atoms with Gasteiger partial charge in [0.15, 0.2) is 0 Å². The van der Waals surface area contributed by atoms with E-state index < -0.39 is 0 Å². The molecule has 0 amide bonds. The molecule has 35 heavy (non-hydrogen) atoms. The number of benzene rings is 1.